The molecule has 0 aliphatic heterocycles. The van der Waals surface area contributed by atoms with Gasteiger partial charge in [0.15, 0.2) is 0 Å². The van der Waals surface area contributed by atoms with Crippen LogP contribution in [0.15, 0.2) is 0 Å². The van der Waals surface area contributed by atoms with Crippen LogP contribution in [0, 0.1) is 11.8 Å². The van der Waals surface area contributed by atoms with Gasteiger partial charge in [0.05, 0.1) is 6.54 Å². The number of Topliss-reactive ketones (excluding diaryl/α,β-unsaturated/α-hetero) is 1. The lowest BCUT2D eigenvalue weighted by Gasteiger charge is -2.25. The van der Waals surface area contributed by atoms with E-state index in [1.54, 1.807) is 0 Å². The Morgan fingerprint density at radius 2 is 1.93 bits per heavy atom. The summed E-state index contributed by atoms with van der Waals surface area (Å²) < 4.78 is 0. The lowest BCUT2D eigenvalue weighted by molar-refractivity contribution is -0.123. The molecule has 1 N–H and O–H groups in total. The summed E-state index contributed by atoms with van der Waals surface area (Å²) in [4.78, 5) is 11.9. The Morgan fingerprint density at radius 1 is 1.33 bits per heavy atom. The highest BCUT2D eigenvalue weighted by molar-refractivity contribution is 5.83. The summed E-state index contributed by atoms with van der Waals surface area (Å²) in [7, 11) is 0. The smallest absolute Gasteiger partial charge is 0.149 e. The first-order valence-electron chi connectivity index (χ1n) is 6.39. The minimum Gasteiger partial charge on any atom is -0.308 e. The van der Waals surface area contributed by atoms with Crippen molar-refractivity contribution in [2.45, 2.75) is 58.9 Å². The van der Waals surface area contributed by atoms with Gasteiger partial charge in [0.25, 0.3) is 0 Å². The summed E-state index contributed by atoms with van der Waals surface area (Å²) in [5.41, 5.74) is 0. The van der Waals surface area contributed by atoms with Gasteiger partial charge in [0.1, 0.15) is 5.78 Å². The van der Waals surface area contributed by atoms with Crippen molar-refractivity contribution in [2.24, 2.45) is 11.8 Å². The van der Waals surface area contributed by atoms with Crippen LogP contribution in [0.5, 0.6) is 0 Å². The van der Waals surface area contributed by atoms with Crippen LogP contribution < -0.4 is 5.32 Å². The number of rotatable bonds is 5. The highest BCUT2D eigenvalue weighted by Crippen LogP contribution is 2.28. The average Bonchev–Trinajstić information content (AvgIpc) is 2.26. The van der Waals surface area contributed by atoms with E-state index in [2.05, 4.69) is 26.1 Å². The molecule has 0 aromatic carbocycles. The molecule has 0 aromatic heterocycles. The van der Waals surface area contributed by atoms with Crippen molar-refractivity contribution < 1.29 is 4.79 Å². The Bertz CT molecular complexity index is 195. The maximum atomic E-state index is 11.9. The molecule has 1 atom stereocenters. The predicted octanol–water partition coefficient (Wildman–Crippen LogP) is 2.77. The van der Waals surface area contributed by atoms with E-state index in [-0.39, 0.29) is 0 Å². The van der Waals surface area contributed by atoms with E-state index in [1.165, 1.54) is 12.8 Å². The Morgan fingerprint density at radius 3 is 2.47 bits per heavy atom. The van der Waals surface area contributed by atoms with Crippen molar-refractivity contribution in [3.63, 3.8) is 0 Å². The summed E-state index contributed by atoms with van der Waals surface area (Å²) in [6.07, 6.45) is 5.79. The van der Waals surface area contributed by atoms with Crippen molar-refractivity contribution in [3.05, 3.63) is 0 Å². The van der Waals surface area contributed by atoms with E-state index in [0.717, 1.165) is 25.2 Å². The number of nitrogens with one attached hydrogen (secondary N) is 1. The molecule has 1 rings (SSSR count). The molecule has 0 bridgehead atoms. The second-order valence-corrected chi connectivity index (χ2v) is 5.11. The first-order chi connectivity index (χ1) is 7.13. The normalized spacial score (nSPS) is 28.7. The summed E-state index contributed by atoms with van der Waals surface area (Å²) in [5, 5.41) is 3.29. The molecule has 88 valence electrons. The molecule has 0 radical (unpaired) electrons. The second kappa shape index (κ2) is 6.26. The zero-order valence-corrected chi connectivity index (χ0v) is 10.4. The first kappa shape index (κ1) is 12.7. The topological polar surface area (TPSA) is 29.1 Å². The fourth-order valence-electron chi connectivity index (χ4n) is 2.15. The number of carbonyl (C=O) groups excluding carboxylic acids is 1. The summed E-state index contributed by atoms with van der Waals surface area (Å²) in [6, 6.07) is 0.469. The molecule has 1 unspecified atom stereocenters. The van der Waals surface area contributed by atoms with Crippen molar-refractivity contribution in [2.75, 3.05) is 6.54 Å². The summed E-state index contributed by atoms with van der Waals surface area (Å²) in [6.45, 7) is 7.15. The summed E-state index contributed by atoms with van der Waals surface area (Å²) >= 11 is 0. The van der Waals surface area contributed by atoms with Crippen molar-refractivity contribution in [3.8, 4) is 0 Å². The Hall–Kier alpha value is -0.370. The zero-order valence-electron chi connectivity index (χ0n) is 10.4. The molecule has 0 spiro atoms. The highest BCUT2D eigenvalue weighted by Gasteiger charge is 2.23. The molecule has 0 heterocycles. The van der Waals surface area contributed by atoms with Crippen LogP contribution in [0.1, 0.15) is 52.9 Å². The van der Waals surface area contributed by atoms with Gasteiger partial charge in [-0.25, -0.2) is 0 Å². The predicted molar refractivity (Wildman–Crippen MR) is 63.9 cm³/mol. The monoisotopic (exact) mass is 211 g/mol. The van der Waals surface area contributed by atoms with Gasteiger partial charge in [0.2, 0.25) is 0 Å². The molecular formula is C13H25NO. The quantitative estimate of drug-likeness (QED) is 0.757. The maximum Gasteiger partial charge on any atom is 0.149 e. The summed E-state index contributed by atoms with van der Waals surface area (Å²) in [5.74, 6) is 1.61. The molecule has 1 fully saturated rings. The number of carbonyl (C=O) groups is 1. The minimum atomic E-state index is 0.345. The van der Waals surface area contributed by atoms with E-state index in [0.29, 0.717) is 24.3 Å². The van der Waals surface area contributed by atoms with Gasteiger partial charge in [-0.15, -0.1) is 0 Å². The molecule has 1 saturated carbocycles. The lowest BCUT2D eigenvalue weighted by atomic mass is 9.81. The van der Waals surface area contributed by atoms with Crippen LogP contribution in [-0.4, -0.2) is 18.4 Å². The van der Waals surface area contributed by atoms with Crippen LogP contribution in [-0.2, 0) is 4.79 Å². The first-order valence-corrected chi connectivity index (χ1v) is 6.39. The fourth-order valence-corrected chi connectivity index (χ4v) is 2.15. The number of hydrogen-bond donors (Lipinski definition) is 1. The van der Waals surface area contributed by atoms with Crippen molar-refractivity contribution in [1.82, 2.24) is 5.32 Å². The lowest BCUT2D eigenvalue weighted by Crippen LogP contribution is -2.35. The van der Waals surface area contributed by atoms with Crippen molar-refractivity contribution >= 4 is 5.78 Å². The third kappa shape index (κ3) is 4.33. The van der Waals surface area contributed by atoms with E-state index in [1.807, 2.05) is 0 Å². The van der Waals surface area contributed by atoms with Crippen LogP contribution in [0.4, 0.5) is 0 Å². The van der Waals surface area contributed by atoms with E-state index >= 15 is 0 Å². The molecule has 0 amide bonds. The van der Waals surface area contributed by atoms with E-state index in [9.17, 15) is 4.79 Å². The van der Waals surface area contributed by atoms with Gasteiger partial charge in [-0.2, -0.15) is 0 Å². The van der Waals surface area contributed by atoms with Crippen LogP contribution in [0.2, 0.25) is 0 Å². The van der Waals surface area contributed by atoms with Gasteiger partial charge < -0.3 is 5.32 Å². The average molecular weight is 211 g/mol. The van der Waals surface area contributed by atoms with Gasteiger partial charge in [-0.1, -0.05) is 26.7 Å². The maximum absolute atomic E-state index is 11.9. The van der Waals surface area contributed by atoms with Gasteiger partial charge in [0, 0.05) is 12.0 Å². The van der Waals surface area contributed by atoms with Gasteiger partial charge in [-0.3, -0.25) is 4.79 Å². The molecule has 2 nitrogen and oxygen atoms in total. The molecule has 1 aliphatic carbocycles. The zero-order chi connectivity index (χ0) is 11.3. The van der Waals surface area contributed by atoms with Crippen LogP contribution in [0.25, 0.3) is 0 Å². The minimum absolute atomic E-state index is 0.345. The molecular weight excluding hydrogens is 186 g/mol. The molecule has 1 aliphatic rings. The van der Waals surface area contributed by atoms with Gasteiger partial charge in [-0.05, 0) is 32.1 Å². The molecule has 0 aromatic rings. The number of hydrogen-bond acceptors (Lipinski definition) is 2. The van der Waals surface area contributed by atoms with E-state index < -0.39 is 0 Å². The SMILES string of the molecule is CCC(C)NCC(=O)C1CCC(C)CC1. The second-order valence-electron chi connectivity index (χ2n) is 5.11. The third-order valence-corrected chi connectivity index (χ3v) is 3.71. The highest BCUT2D eigenvalue weighted by atomic mass is 16.1. The third-order valence-electron chi connectivity index (χ3n) is 3.71. The Labute approximate surface area is 93.8 Å². The van der Waals surface area contributed by atoms with E-state index in [4.69, 9.17) is 0 Å². The van der Waals surface area contributed by atoms with Crippen LogP contribution in [0.3, 0.4) is 0 Å². The van der Waals surface area contributed by atoms with Crippen LogP contribution >= 0.6 is 0 Å². The Balaban J connectivity index is 2.22. The van der Waals surface area contributed by atoms with Gasteiger partial charge >= 0.3 is 0 Å². The largest absolute Gasteiger partial charge is 0.308 e. The molecule has 15 heavy (non-hydrogen) atoms. The Kier molecular flexibility index (Phi) is 5.30. The standard InChI is InChI=1S/C13H25NO/c1-4-11(3)14-9-13(15)12-7-5-10(2)6-8-12/h10-12,14H,4-9H2,1-3H3. The molecule has 2 heteroatoms. The van der Waals surface area contributed by atoms with Crippen molar-refractivity contribution in [1.29, 1.82) is 0 Å². The fraction of sp³-hybridized carbons (Fsp3) is 0.923. The number of ketones is 1. The molecule has 0 saturated heterocycles.